The molecule has 0 saturated carbocycles. The summed E-state index contributed by atoms with van der Waals surface area (Å²) in [6.45, 7) is 5.73. The van der Waals surface area contributed by atoms with Crippen LogP contribution >= 0.6 is 0 Å². The van der Waals surface area contributed by atoms with Crippen LogP contribution in [0.4, 0.5) is 0 Å². The van der Waals surface area contributed by atoms with Crippen molar-refractivity contribution in [1.29, 1.82) is 0 Å². The van der Waals surface area contributed by atoms with Crippen LogP contribution < -0.4 is 14.8 Å². The van der Waals surface area contributed by atoms with E-state index in [1.54, 1.807) is 0 Å². The Kier molecular flexibility index (Phi) is 6.26. The summed E-state index contributed by atoms with van der Waals surface area (Å²) in [5.74, 6) is 1.41. The van der Waals surface area contributed by atoms with Crippen LogP contribution in [0.5, 0.6) is 11.5 Å². The number of quaternary nitrogens is 1. The second-order valence-electron chi connectivity index (χ2n) is 5.73. The number of sulfone groups is 1. The van der Waals surface area contributed by atoms with Crippen molar-refractivity contribution in [3.63, 3.8) is 0 Å². The van der Waals surface area contributed by atoms with Gasteiger partial charge in [0.1, 0.15) is 17.9 Å². The molecule has 130 valence electrons. The minimum atomic E-state index is -3.08. The highest BCUT2D eigenvalue weighted by molar-refractivity contribution is 7.91. The van der Waals surface area contributed by atoms with Crippen LogP contribution in [-0.4, -0.2) is 56.9 Å². The minimum Gasteiger partial charge on any atom is -0.490 e. The molecule has 23 heavy (non-hydrogen) atoms. The van der Waals surface area contributed by atoms with Crippen LogP contribution in [0.15, 0.2) is 18.2 Å². The number of aliphatic hydroxyl groups is 1. The van der Waals surface area contributed by atoms with Gasteiger partial charge in [-0.3, -0.25) is 0 Å². The van der Waals surface area contributed by atoms with Crippen molar-refractivity contribution in [1.82, 2.24) is 0 Å². The Hall–Kier alpha value is -1.31. The van der Waals surface area contributed by atoms with E-state index in [0.717, 1.165) is 30.0 Å². The van der Waals surface area contributed by atoms with Crippen molar-refractivity contribution in [3.05, 3.63) is 23.8 Å². The fourth-order valence-electron chi connectivity index (χ4n) is 2.80. The lowest BCUT2D eigenvalue weighted by atomic mass is 10.1. The average Bonchev–Trinajstić information content (AvgIpc) is 2.74. The molecule has 0 radical (unpaired) electrons. The van der Waals surface area contributed by atoms with E-state index in [1.165, 1.54) is 0 Å². The van der Waals surface area contributed by atoms with Gasteiger partial charge in [-0.25, -0.2) is 8.42 Å². The monoisotopic (exact) mass is 344 g/mol. The smallest absolute Gasteiger partial charge is 0.161 e. The van der Waals surface area contributed by atoms with E-state index >= 15 is 0 Å². The predicted molar refractivity (Wildman–Crippen MR) is 87.7 cm³/mol. The number of hydrogen-bond acceptors (Lipinski definition) is 5. The molecule has 6 nitrogen and oxygen atoms in total. The van der Waals surface area contributed by atoms with Gasteiger partial charge in [-0.05, 0) is 31.5 Å². The predicted octanol–water partition coefficient (Wildman–Crippen LogP) is -0.252. The number of nitrogens with two attached hydrogens (primary N) is 1. The SMILES string of the molecule is CCOc1ccc(CC[NH2+][C@@H]2CS(=O)(=O)C[C@@H]2O)cc1OCC. The van der Waals surface area contributed by atoms with Gasteiger partial charge in [-0.2, -0.15) is 0 Å². The van der Waals surface area contributed by atoms with E-state index in [1.807, 2.05) is 37.4 Å². The maximum absolute atomic E-state index is 11.5. The largest absolute Gasteiger partial charge is 0.490 e. The highest BCUT2D eigenvalue weighted by atomic mass is 32.2. The van der Waals surface area contributed by atoms with Gasteiger partial charge in [-0.1, -0.05) is 6.07 Å². The van der Waals surface area contributed by atoms with E-state index in [2.05, 4.69) is 0 Å². The number of hydrogen-bond donors (Lipinski definition) is 2. The van der Waals surface area contributed by atoms with Crippen LogP contribution in [0.3, 0.4) is 0 Å². The van der Waals surface area contributed by atoms with E-state index < -0.39 is 15.9 Å². The van der Waals surface area contributed by atoms with Gasteiger partial charge in [-0.15, -0.1) is 0 Å². The molecule has 0 amide bonds. The highest BCUT2D eigenvalue weighted by Crippen LogP contribution is 2.28. The molecule has 0 unspecified atom stereocenters. The molecule has 0 aliphatic carbocycles. The Morgan fingerprint density at radius 2 is 1.87 bits per heavy atom. The molecule has 2 rings (SSSR count). The fraction of sp³-hybridized carbons (Fsp3) is 0.625. The Balaban J connectivity index is 1.91. The number of benzene rings is 1. The summed E-state index contributed by atoms with van der Waals surface area (Å²) in [6.07, 6.45) is 0.00904. The van der Waals surface area contributed by atoms with Gasteiger partial charge >= 0.3 is 0 Å². The zero-order chi connectivity index (χ0) is 16.9. The lowest BCUT2D eigenvalue weighted by Crippen LogP contribution is -2.93. The zero-order valence-corrected chi connectivity index (χ0v) is 14.5. The first-order valence-corrected chi connectivity index (χ1v) is 9.87. The van der Waals surface area contributed by atoms with Crippen LogP contribution in [0.25, 0.3) is 0 Å². The lowest BCUT2D eigenvalue weighted by molar-refractivity contribution is -0.690. The van der Waals surface area contributed by atoms with Crippen molar-refractivity contribution >= 4 is 9.84 Å². The molecule has 1 saturated heterocycles. The Bertz CT molecular complexity index is 617. The lowest BCUT2D eigenvalue weighted by Gasteiger charge is -2.14. The van der Waals surface area contributed by atoms with Crippen molar-refractivity contribution in [2.24, 2.45) is 0 Å². The van der Waals surface area contributed by atoms with Crippen molar-refractivity contribution in [2.75, 3.05) is 31.3 Å². The molecule has 1 fully saturated rings. The number of aliphatic hydroxyl groups excluding tert-OH is 1. The molecular weight excluding hydrogens is 318 g/mol. The third-order valence-electron chi connectivity index (χ3n) is 3.88. The molecule has 1 aliphatic heterocycles. The molecule has 1 aromatic carbocycles. The Morgan fingerprint density at radius 3 is 2.48 bits per heavy atom. The molecule has 0 aromatic heterocycles. The summed E-state index contributed by atoms with van der Waals surface area (Å²) < 4.78 is 34.1. The average molecular weight is 344 g/mol. The summed E-state index contributed by atoms with van der Waals surface area (Å²) in [6, 6.07) is 5.60. The molecule has 1 aliphatic rings. The Morgan fingerprint density at radius 1 is 1.17 bits per heavy atom. The van der Waals surface area contributed by atoms with E-state index in [9.17, 15) is 13.5 Å². The van der Waals surface area contributed by atoms with Gasteiger partial charge in [0, 0.05) is 6.42 Å². The van der Waals surface area contributed by atoms with Crippen LogP contribution in [-0.2, 0) is 16.3 Å². The van der Waals surface area contributed by atoms with Crippen molar-refractivity contribution < 1.29 is 28.3 Å². The Labute approximate surface area is 137 Å². The number of rotatable bonds is 8. The van der Waals surface area contributed by atoms with E-state index in [-0.39, 0.29) is 17.5 Å². The first kappa shape index (κ1) is 18.0. The zero-order valence-electron chi connectivity index (χ0n) is 13.7. The number of ether oxygens (including phenoxy) is 2. The maximum atomic E-state index is 11.5. The molecule has 3 N–H and O–H groups in total. The van der Waals surface area contributed by atoms with Gasteiger partial charge in [0.2, 0.25) is 0 Å². The summed E-state index contributed by atoms with van der Waals surface area (Å²) >= 11 is 0. The van der Waals surface area contributed by atoms with Gasteiger partial charge in [0.25, 0.3) is 0 Å². The van der Waals surface area contributed by atoms with Gasteiger partial charge in [0.05, 0.1) is 25.5 Å². The maximum Gasteiger partial charge on any atom is 0.161 e. The summed E-state index contributed by atoms with van der Waals surface area (Å²) in [5.41, 5.74) is 1.10. The van der Waals surface area contributed by atoms with Crippen LogP contribution in [0.1, 0.15) is 19.4 Å². The third kappa shape index (κ3) is 5.09. The topological polar surface area (TPSA) is 89.4 Å². The molecule has 7 heteroatoms. The second kappa shape index (κ2) is 7.99. The second-order valence-corrected chi connectivity index (χ2v) is 7.88. The first-order chi connectivity index (χ1) is 10.9. The van der Waals surface area contributed by atoms with Crippen LogP contribution in [0.2, 0.25) is 0 Å². The first-order valence-electron chi connectivity index (χ1n) is 8.05. The highest BCUT2D eigenvalue weighted by Gasteiger charge is 2.38. The van der Waals surface area contributed by atoms with Crippen LogP contribution in [0, 0.1) is 0 Å². The van der Waals surface area contributed by atoms with Gasteiger partial charge in [0.15, 0.2) is 21.3 Å². The standard InChI is InChI=1S/C16H25NO5S/c1-3-21-15-6-5-12(9-16(15)22-4-2)7-8-17-13-10-23(19,20)11-14(13)18/h5-6,9,13-14,17-18H,3-4,7-8,10-11H2,1-2H3/p+1/t13-,14+/m1/s1. The normalized spacial score (nSPS) is 22.9. The fourth-order valence-corrected chi connectivity index (χ4v) is 4.64. The van der Waals surface area contributed by atoms with E-state index in [4.69, 9.17) is 9.47 Å². The molecule has 1 aromatic rings. The summed E-state index contributed by atoms with van der Waals surface area (Å²) in [7, 11) is -3.08. The summed E-state index contributed by atoms with van der Waals surface area (Å²) in [4.78, 5) is 0. The quantitative estimate of drug-likeness (QED) is 0.679. The minimum absolute atomic E-state index is 0.0572. The molecule has 2 atom stereocenters. The van der Waals surface area contributed by atoms with Crippen molar-refractivity contribution in [2.45, 2.75) is 32.4 Å². The molecule has 0 spiro atoms. The molecular formula is C16H26NO5S+. The van der Waals surface area contributed by atoms with Crippen molar-refractivity contribution in [3.8, 4) is 11.5 Å². The van der Waals surface area contributed by atoms with E-state index in [0.29, 0.717) is 13.2 Å². The third-order valence-corrected chi connectivity index (χ3v) is 5.62. The van der Waals surface area contributed by atoms with Gasteiger partial charge < -0.3 is 19.9 Å². The molecule has 0 bridgehead atoms. The summed E-state index contributed by atoms with van der Waals surface area (Å²) in [5, 5.41) is 11.7. The molecule has 1 heterocycles.